The summed E-state index contributed by atoms with van der Waals surface area (Å²) >= 11 is 0. The molecule has 88 valence electrons. The van der Waals surface area contributed by atoms with Gasteiger partial charge in [-0.3, -0.25) is 9.59 Å². The van der Waals surface area contributed by atoms with Crippen LogP contribution in [0.3, 0.4) is 0 Å². The number of fused-ring (bicyclic) bond motifs is 1. The molecule has 1 unspecified atom stereocenters. The molecule has 2 heterocycles. The molecule has 1 atom stereocenters. The molecule has 0 aromatic heterocycles. The Balaban J connectivity index is 2.13. The third-order valence-corrected chi connectivity index (χ3v) is 3.69. The number of carbonyl (C=O) groups excluding carboxylic acids is 2. The summed E-state index contributed by atoms with van der Waals surface area (Å²) in [5.74, 6) is 0.503. The van der Waals surface area contributed by atoms with Crippen LogP contribution in [-0.2, 0) is 18.9 Å². The maximum atomic E-state index is 11.3. The lowest BCUT2D eigenvalue weighted by atomic mass is 9.40. The van der Waals surface area contributed by atoms with Gasteiger partial charge in [-0.15, -0.1) is 0 Å². The van der Waals surface area contributed by atoms with E-state index in [1.54, 1.807) is 0 Å². The van der Waals surface area contributed by atoms with Gasteiger partial charge in [0.2, 0.25) is 0 Å². The molecule has 4 nitrogen and oxygen atoms in total. The minimum Gasteiger partial charge on any atom is -0.613 e. The van der Waals surface area contributed by atoms with E-state index >= 15 is 0 Å². The van der Waals surface area contributed by atoms with Crippen molar-refractivity contribution < 1.29 is 18.9 Å². The van der Waals surface area contributed by atoms with E-state index in [0.29, 0.717) is 0 Å². The molecular formula is C11H17BO4. The number of hydrogen-bond donors (Lipinski definition) is 0. The van der Waals surface area contributed by atoms with Crippen LogP contribution in [0.5, 0.6) is 0 Å². The summed E-state index contributed by atoms with van der Waals surface area (Å²) in [6.45, 7) is 2.37. The van der Waals surface area contributed by atoms with E-state index in [9.17, 15) is 9.59 Å². The molecule has 2 aliphatic rings. The van der Waals surface area contributed by atoms with Crippen LogP contribution in [0.1, 0.15) is 46.0 Å². The second-order valence-corrected chi connectivity index (χ2v) is 4.88. The molecule has 16 heavy (non-hydrogen) atoms. The number of hydrogen-bond acceptors (Lipinski definition) is 4. The fourth-order valence-corrected chi connectivity index (χ4v) is 2.76. The van der Waals surface area contributed by atoms with Crippen LogP contribution in [0.2, 0.25) is 5.82 Å². The first kappa shape index (κ1) is 11.4. The van der Waals surface area contributed by atoms with Gasteiger partial charge in [0.05, 0.1) is 0 Å². The van der Waals surface area contributed by atoms with E-state index in [-0.39, 0.29) is 30.6 Å². The minimum absolute atomic E-state index is 0.118. The molecule has 0 aliphatic carbocycles. The lowest BCUT2D eigenvalue weighted by molar-refractivity contribution is -0.138. The Bertz CT molecular complexity index is 295. The molecule has 2 saturated heterocycles. The molecule has 2 aliphatic heterocycles. The summed E-state index contributed by atoms with van der Waals surface area (Å²) in [5, 5.41) is 0. The van der Waals surface area contributed by atoms with Gasteiger partial charge in [-0.1, -0.05) is 33.1 Å². The summed E-state index contributed by atoms with van der Waals surface area (Å²) in [5.41, 5.74) is 0. The predicted octanol–water partition coefficient (Wildman–Crippen LogP) is 2.02. The Labute approximate surface area is 95.7 Å². The van der Waals surface area contributed by atoms with Gasteiger partial charge in [0, 0.05) is 5.82 Å². The zero-order chi connectivity index (χ0) is 11.8. The van der Waals surface area contributed by atoms with E-state index in [0.717, 1.165) is 25.1 Å². The fraction of sp³-hybridized carbons (Fsp3) is 0.727. The van der Waals surface area contributed by atoms with E-state index in [4.69, 9.17) is 9.31 Å². The summed E-state index contributed by atoms with van der Waals surface area (Å²) in [7, 11) is 0. The Morgan fingerprint density at radius 2 is 1.88 bits per heavy atom. The van der Waals surface area contributed by atoms with Crippen LogP contribution in [0.4, 0.5) is 0 Å². The second-order valence-electron chi connectivity index (χ2n) is 4.88. The average molecular weight is 224 g/mol. The first-order valence-electron chi connectivity index (χ1n) is 6.02. The molecule has 0 amide bonds. The SMILES string of the molecule is CCCCC(C)[B-]12OC(=O)C[C+]1CC(=O)O2. The van der Waals surface area contributed by atoms with Crippen molar-refractivity contribution in [2.45, 2.75) is 51.8 Å². The van der Waals surface area contributed by atoms with Gasteiger partial charge in [0.15, 0.2) is 0 Å². The van der Waals surface area contributed by atoms with Crippen LogP contribution in [0.25, 0.3) is 0 Å². The summed E-state index contributed by atoms with van der Waals surface area (Å²) in [6.07, 6.45) is 3.62. The number of unbranched alkanes of at least 4 members (excludes halogenated alkanes) is 1. The Morgan fingerprint density at radius 1 is 1.31 bits per heavy atom. The maximum Gasteiger partial charge on any atom is 0.561 e. The maximum absolute atomic E-state index is 11.3. The molecule has 0 radical (unpaired) electrons. The van der Waals surface area contributed by atoms with Crippen molar-refractivity contribution in [3.63, 3.8) is 0 Å². The van der Waals surface area contributed by atoms with Gasteiger partial charge in [-0.25, -0.2) is 0 Å². The van der Waals surface area contributed by atoms with E-state index in [2.05, 4.69) is 6.92 Å². The van der Waals surface area contributed by atoms with Crippen molar-refractivity contribution in [1.82, 2.24) is 0 Å². The monoisotopic (exact) mass is 224 g/mol. The second kappa shape index (κ2) is 4.03. The third-order valence-electron chi connectivity index (χ3n) is 3.69. The van der Waals surface area contributed by atoms with Crippen molar-refractivity contribution in [2.75, 3.05) is 0 Å². The largest absolute Gasteiger partial charge is 0.613 e. The van der Waals surface area contributed by atoms with Crippen molar-refractivity contribution in [3.8, 4) is 0 Å². The van der Waals surface area contributed by atoms with E-state index < -0.39 is 6.55 Å². The highest BCUT2D eigenvalue weighted by atomic mass is 16.7. The lowest BCUT2D eigenvalue weighted by Crippen LogP contribution is -2.44. The standard InChI is InChI=1S/C11H17BO4/c1-3-4-5-8(2)12-9(6-10(13)15-12)7-11(14)16-12/h8H,3-7H2,1-2H3. The van der Waals surface area contributed by atoms with Crippen molar-refractivity contribution >= 4 is 18.5 Å². The van der Waals surface area contributed by atoms with Gasteiger partial charge in [0.1, 0.15) is 12.8 Å². The molecule has 0 N–H and O–H groups in total. The van der Waals surface area contributed by atoms with Crippen LogP contribution in [0.15, 0.2) is 0 Å². The lowest BCUT2D eigenvalue weighted by Gasteiger charge is -2.30. The first-order valence-corrected chi connectivity index (χ1v) is 6.02. The molecular weight excluding hydrogens is 207 g/mol. The molecule has 2 rings (SSSR count). The molecule has 0 saturated carbocycles. The van der Waals surface area contributed by atoms with Crippen molar-refractivity contribution in [1.29, 1.82) is 0 Å². The van der Waals surface area contributed by atoms with E-state index in [1.165, 1.54) is 0 Å². The quantitative estimate of drug-likeness (QED) is 0.541. The van der Waals surface area contributed by atoms with E-state index in [1.807, 2.05) is 6.92 Å². The third kappa shape index (κ3) is 1.68. The van der Waals surface area contributed by atoms with Gasteiger partial charge in [-0.2, -0.15) is 0 Å². The Morgan fingerprint density at radius 3 is 2.38 bits per heavy atom. The average Bonchev–Trinajstić information content (AvgIpc) is 2.66. The zero-order valence-electron chi connectivity index (χ0n) is 9.82. The zero-order valence-corrected chi connectivity index (χ0v) is 9.82. The topological polar surface area (TPSA) is 52.6 Å². The highest BCUT2D eigenvalue weighted by Crippen LogP contribution is 2.48. The van der Waals surface area contributed by atoms with Crippen LogP contribution in [-0.4, -0.2) is 18.5 Å². The summed E-state index contributed by atoms with van der Waals surface area (Å²) in [6, 6.07) is 0. The van der Waals surface area contributed by atoms with Crippen LogP contribution >= 0.6 is 0 Å². The highest BCUT2D eigenvalue weighted by molar-refractivity contribution is 6.80. The highest BCUT2D eigenvalue weighted by Gasteiger charge is 2.66. The number of rotatable bonds is 4. The Kier molecular flexibility index (Phi) is 2.87. The normalized spacial score (nSPS) is 24.0. The van der Waals surface area contributed by atoms with Crippen LogP contribution < -0.4 is 0 Å². The molecule has 0 aromatic rings. The minimum atomic E-state index is -1.75. The van der Waals surface area contributed by atoms with Crippen molar-refractivity contribution in [3.05, 3.63) is 5.82 Å². The van der Waals surface area contributed by atoms with Crippen molar-refractivity contribution in [2.24, 2.45) is 0 Å². The number of carbonyl (C=O) groups is 2. The van der Waals surface area contributed by atoms with Gasteiger partial charge in [-0.05, 0) is 5.82 Å². The van der Waals surface area contributed by atoms with Gasteiger partial charge in [0.25, 0.3) is 0 Å². The summed E-state index contributed by atoms with van der Waals surface area (Å²) < 4.78 is 10.7. The summed E-state index contributed by atoms with van der Waals surface area (Å²) in [4.78, 5) is 22.7. The predicted molar refractivity (Wildman–Crippen MR) is 59.4 cm³/mol. The molecule has 0 bridgehead atoms. The molecule has 5 heteroatoms. The van der Waals surface area contributed by atoms with Gasteiger partial charge >= 0.3 is 18.5 Å². The van der Waals surface area contributed by atoms with Crippen LogP contribution in [0, 0.1) is 5.82 Å². The Hall–Kier alpha value is -1.13. The molecule has 2 fully saturated rings. The smallest absolute Gasteiger partial charge is 0.561 e. The molecule has 0 aromatic carbocycles. The molecule has 0 spiro atoms. The fourth-order valence-electron chi connectivity index (χ4n) is 2.76. The van der Waals surface area contributed by atoms with Gasteiger partial charge < -0.3 is 9.31 Å². The first-order chi connectivity index (χ1) is 7.58.